The van der Waals surface area contributed by atoms with Crippen molar-refractivity contribution in [3.63, 3.8) is 0 Å². The lowest BCUT2D eigenvalue weighted by Gasteiger charge is -2.11. The van der Waals surface area contributed by atoms with Crippen LogP contribution in [0.2, 0.25) is 5.02 Å². The number of hydrogen-bond donors (Lipinski definition) is 2. The van der Waals surface area contributed by atoms with Crippen molar-refractivity contribution in [3.8, 4) is 6.07 Å². The highest BCUT2D eigenvalue weighted by molar-refractivity contribution is 7.89. The summed E-state index contributed by atoms with van der Waals surface area (Å²) in [6.45, 7) is 2.15. The number of aromatic nitrogens is 1. The summed E-state index contributed by atoms with van der Waals surface area (Å²) in [7, 11) is -3.64. The Balaban J connectivity index is 1.98. The van der Waals surface area contributed by atoms with Gasteiger partial charge in [-0.25, -0.2) is 18.1 Å². The smallest absolute Gasteiger partial charge is 0.240 e. The van der Waals surface area contributed by atoms with Gasteiger partial charge in [0, 0.05) is 24.3 Å². The van der Waals surface area contributed by atoms with Crippen LogP contribution in [0.3, 0.4) is 0 Å². The Bertz CT molecular complexity index is 847. The van der Waals surface area contributed by atoms with Crippen molar-refractivity contribution in [2.45, 2.75) is 11.8 Å². The maximum absolute atomic E-state index is 12.3. The number of nitrogens with one attached hydrogen (secondary N) is 2. The highest BCUT2D eigenvalue weighted by atomic mass is 35.5. The molecule has 0 spiro atoms. The lowest BCUT2D eigenvalue weighted by Crippen LogP contribution is -2.29. The second-order valence-corrected chi connectivity index (χ2v) is 6.92. The van der Waals surface area contributed by atoms with E-state index in [0.29, 0.717) is 28.5 Å². The van der Waals surface area contributed by atoms with Crippen LogP contribution in [0.1, 0.15) is 11.1 Å². The molecule has 6 nitrogen and oxygen atoms in total. The molecular formula is C15H15ClN4O2S. The Morgan fingerprint density at radius 3 is 2.83 bits per heavy atom. The van der Waals surface area contributed by atoms with E-state index >= 15 is 0 Å². The van der Waals surface area contributed by atoms with Crippen molar-refractivity contribution in [1.82, 2.24) is 9.71 Å². The van der Waals surface area contributed by atoms with Crippen LogP contribution in [0.25, 0.3) is 0 Å². The van der Waals surface area contributed by atoms with Crippen molar-refractivity contribution >= 4 is 27.4 Å². The van der Waals surface area contributed by atoms with Crippen LogP contribution in [0.4, 0.5) is 5.82 Å². The summed E-state index contributed by atoms with van der Waals surface area (Å²) in [5, 5.41) is 12.2. The fraction of sp³-hybridized carbons (Fsp3) is 0.200. The minimum atomic E-state index is -3.64. The summed E-state index contributed by atoms with van der Waals surface area (Å²) in [5.41, 5.74) is 1.02. The predicted octanol–water partition coefficient (Wildman–Crippen LogP) is 2.31. The number of nitrogens with zero attached hydrogens (tertiary/aromatic N) is 2. The van der Waals surface area contributed by atoms with E-state index in [1.807, 2.05) is 6.07 Å². The Morgan fingerprint density at radius 2 is 2.09 bits per heavy atom. The molecule has 0 bridgehead atoms. The summed E-state index contributed by atoms with van der Waals surface area (Å²) >= 11 is 5.85. The average molecular weight is 351 g/mol. The van der Waals surface area contributed by atoms with Gasteiger partial charge in [0.2, 0.25) is 10.0 Å². The van der Waals surface area contributed by atoms with Gasteiger partial charge in [-0.1, -0.05) is 17.7 Å². The van der Waals surface area contributed by atoms with Gasteiger partial charge in [-0.3, -0.25) is 0 Å². The summed E-state index contributed by atoms with van der Waals surface area (Å²) < 4.78 is 27.0. The molecule has 0 aliphatic rings. The number of sulfonamides is 1. The molecule has 120 valence electrons. The first kappa shape index (κ1) is 17.2. The van der Waals surface area contributed by atoms with Crippen molar-refractivity contribution < 1.29 is 8.42 Å². The van der Waals surface area contributed by atoms with Gasteiger partial charge in [-0.2, -0.15) is 5.26 Å². The summed E-state index contributed by atoms with van der Waals surface area (Å²) in [6, 6.07) is 10.0. The molecule has 0 amide bonds. The number of anilines is 1. The molecule has 0 aliphatic heterocycles. The Kier molecular flexibility index (Phi) is 5.55. The van der Waals surface area contributed by atoms with Gasteiger partial charge in [0.05, 0.1) is 10.5 Å². The lowest BCUT2D eigenvalue weighted by atomic mass is 10.2. The van der Waals surface area contributed by atoms with Gasteiger partial charge >= 0.3 is 0 Å². The second kappa shape index (κ2) is 7.42. The minimum absolute atomic E-state index is 0.149. The van der Waals surface area contributed by atoms with Crippen LogP contribution >= 0.6 is 11.6 Å². The molecule has 0 unspecified atom stereocenters. The Hall–Kier alpha value is -2.14. The number of benzene rings is 1. The zero-order valence-corrected chi connectivity index (χ0v) is 13.9. The fourth-order valence-electron chi connectivity index (χ4n) is 1.94. The zero-order chi connectivity index (χ0) is 16.9. The van der Waals surface area contributed by atoms with Crippen molar-refractivity contribution in [2.75, 3.05) is 18.4 Å². The third kappa shape index (κ3) is 4.42. The standard InChI is InChI=1S/C15H15ClN4O2S/c1-11-4-5-13(16)9-14(11)23(21,22)20-8-7-19-15-12(10-17)3-2-6-18-15/h2-6,9,20H,7-8H2,1H3,(H,18,19). The molecule has 0 saturated carbocycles. The van der Waals surface area contributed by atoms with Crippen LogP contribution in [-0.4, -0.2) is 26.5 Å². The van der Waals surface area contributed by atoms with Crippen molar-refractivity contribution in [1.29, 1.82) is 5.26 Å². The topological polar surface area (TPSA) is 94.9 Å². The van der Waals surface area contributed by atoms with Crippen LogP contribution in [0.15, 0.2) is 41.4 Å². The van der Waals surface area contributed by atoms with E-state index in [0.717, 1.165) is 0 Å². The van der Waals surface area contributed by atoms with Gasteiger partial charge in [0.1, 0.15) is 11.9 Å². The van der Waals surface area contributed by atoms with E-state index in [9.17, 15) is 8.42 Å². The number of pyridine rings is 1. The molecular weight excluding hydrogens is 336 g/mol. The average Bonchev–Trinajstić information content (AvgIpc) is 2.54. The molecule has 0 atom stereocenters. The lowest BCUT2D eigenvalue weighted by molar-refractivity contribution is 0.582. The molecule has 0 radical (unpaired) electrons. The van der Waals surface area contributed by atoms with Gasteiger partial charge < -0.3 is 5.32 Å². The van der Waals surface area contributed by atoms with E-state index in [1.165, 1.54) is 6.07 Å². The number of hydrogen-bond acceptors (Lipinski definition) is 5. The van der Waals surface area contributed by atoms with Crippen LogP contribution < -0.4 is 10.0 Å². The second-order valence-electron chi connectivity index (χ2n) is 4.75. The fourth-order valence-corrected chi connectivity index (χ4v) is 3.48. The first-order chi connectivity index (χ1) is 10.9. The van der Waals surface area contributed by atoms with Crippen LogP contribution in [-0.2, 0) is 10.0 Å². The Morgan fingerprint density at radius 1 is 1.30 bits per heavy atom. The third-order valence-corrected chi connectivity index (χ3v) is 4.92. The van der Waals surface area contributed by atoms with Crippen molar-refractivity contribution in [3.05, 3.63) is 52.7 Å². The van der Waals surface area contributed by atoms with Gasteiger partial charge in [-0.05, 0) is 36.8 Å². The van der Waals surface area contributed by atoms with E-state index in [2.05, 4.69) is 15.0 Å². The highest BCUT2D eigenvalue weighted by Crippen LogP contribution is 2.19. The van der Waals surface area contributed by atoms with E-state index < -0.39 is 10.0 Å². The molecule has 1 heterocycles. The normalized spacial score (nSPS) is 11.0. The Labute approximate surface area is 140 Å². The molecule has 1 aromatic heterocycles. The summed E-state index contributed by atoms with van der Waals surface area (Å²) in [5.74, 6) is 0.424. The molecule has 2 aromatic rings. The number of nitriles is 1. The zero-order valence-electron chi connectivity index (χ0n) is 12.4. The largest absolute Gasteiger partial charge is 0.368 e. The van der Waals surface area contributed by atoms with E-state index in [1.54, 1.807) is 37.4 Å². The van der Waals surface area contributed by atoms with E-state index in [4.69, 9.17) is 16.9 Å². The molecule has 0 aliphatic carbocycles. The van der Waals surface area contributed by atoms with Gasteiger partial charge in [-0.15, -0.1) is 0 Å². The number of aryl methyl sites for hydroxylation is 1. The number of rotatable bonds is 6. The van der Waals surface area contributed by atoms with Gasteiger partial charge in [0.15, 0.2) is 0 Å². The minimum Gasteiger partial charge on any atom is -0.368 e. The van der Waals surface area contributed by atoms with Crippen molar-refractivity contribution in [2.24, 2.45) is 0 Å². The molecule has 0 saturated heterocycles. The highest BCUT2D eigenvalue weighted by Gasteiger charge is 2.16. The first-order valence-corrected chi connectivity index (χ1v) is 8.65. The summed E-state index contributed by atoms with van der Waals surface area (Å²) in [6.07, 6.45) is 1.56. The quantitative estimate of drug-likeness (QED) is 0.779. The third-order valence-electron chi connectivity index (χ3n) is 3.08. The van der Waals surface area contributed by atoms with Crippen LogP contribution in [0.5, 0.6) is 0 Å². The molecule has 1 aromatic carbocycles. The molecule has 8 heteroatoms. The van der Waals surface area contributed by atoms with E-state index in [-0.39, 0.29) is 11.4 Å². The monoisotopic (exact) mass is 350 g/mol. The maximum Gasteiger partial charge on any atom is 0.240 e. The molecule has 2 N–H and O–H groups in total. The van der Waals surface area contributed by atoms with Crippen LogP contribution in [0, 0.1) is 18.3 Å². The van der Waals surface area contributed by atoms with Gasteiger partial charge in [0.25, 0.3) is 0 Å². The number of halogens is 1. The molecule has 23 heavy (non-hydrogen) atoms. The molecule has 2 rings (SSSR count). The maximum atomic E-state index is 12.3. The first-order valence-electron chi connectivity index (χ1n) is 6.79. The molecule has 0 fully saturated rings. The SMILES string of the molecule is Cc1ccc(Cl)cc1S(=O)(=O)NCCNc1ncccc1C#N. The predicted molar refractivity (Wildman–Crippen MR) is 88.8 cm³/mol. The summed E-state index contributed by atoms with van der Waals surface area (Å²) in [4.78, 5) is 4.19.